The van der Waals surface area contributed by atoms with Crippen molar-refractivity contribution in [3.8, 4) is 5.88 Å². The normalized spacial score (nSPS) is 20.9. The third-order valence-corrected chi connectivity index (χ3v) is 6.18. The van der Waals surface area contributed by atoms with Gasteiger partial charge < -0.3 is 4.74 Å². The Bertz CT molecular complexity index is 884. The summed E-state index contributed by atoms with van der Waals surface area (Å²) in [5, 5.41) is 0. The first-order chi connectivity index (χ1) is 12.3. The van der Waals surface area contributed by atoms with Gasteiger partial charge in [0.05, 0.1) is 0 Å². The number of pyridine rings is 1. The van der Waals surface area contributed by atoms with Crippen LogP contribution in [0.1, 0.15) is 33.3 Å². The molecule has 1 aromatic heterocycles. The minimum Gasteiger partial charge on any atom is -0.475 e. The highest BCUT2D eigenvalue weighted by molar-refractivity contribution is 7.91. The van der Waals surface area contributed by atoms with Gasteiger partial charge >= 0.3 is 0 Å². The number of rotatable bonds is 2. The molecule has 7 heteroatoms. The molecule has 0 unspecified atom stereocenters. The van der Waals surface area contributed by atoms with Crippen molar-refractivity contribution in [3.05, 3.63) is 29.4 Å². The van der Waals surface area contributed by atoms with E-state index in [-0.39, 0.29) is 22.7 Å². The smallest absolute Gasteiger partial charge is 0.234 e. The third kappa shape index (κ3) is 3.88. The molecule has 6 nitrogen and oxygen atoms in total. The Morgan fingerprint density at radius 3 is 2.69 bits per heavy atom. The summed E-state index contributed by atoms with van der Waals surface area (Å²) in [6, 6.07) is 1.75. The average Bonchev–Trinajstić information content (AvgIpc) is 2.53. The number of fused-ring (bicyclic) bond motifs is 2. The monoisotopic (exact) mass is 375 g/mol. The standard InChI is InChI=1S/C19H25N3O3S/c1-13(2)16-7-5-6-15-10-17-19(21-18(15)20-11-16)25-9-8-22(14(3)4)12-26(17,23)24/h5-7,10-11,13-14H,8-9,12H2,1-4H3/b6-5-,7-5?,15-6?,16-7?,16-11?,20-11?,20-18?. The highest BCUT2D eigenvalue weighted by atomic mass is 32.2. The zero-order valence-electron chi connectivity index (χ0n) is 15.6. The molecule has 0 bridgehead atoms. The molecule has 3 heterocycles. The van der Waals surface area contributed by atoms with Crippen LogP contribution in [0.3, 0.4) is 0 Å². The number of hydrogen-bond acceptors (Lipinski definition) is 6. The number of hydrogen-bond donors (Lipinski definition) is 0. The van der Waals surface area contributed by atoms with Crippen LogP contribution in [-0.2, 0) is 9.84 Å². The molecular formula is C19H25N3O3S. The third-order valence-electron chi connectivity index (χ3n) is 4.55. The van der Waals surface area contributed by atoms with E-state index in [0.29, 0.717) is 30.5 Å². The molecule has 26 heavy (non-hydrogen) atoms. The zero-order chi connectivity index (χ0) is 18.9. The average molecular weight is 375 g/mol. The Hall–Kier alpha value is -1.99. The summed E-state index contributed by atoms with van der Waals surface area (Å²) in [5.74, 6) is 0.926. The molecule has 0 fully saturated rings. The first-order valence-corrected chi connectivity index (χ1v) is 10.5. The molecular weight excluding hydrogens is 350 g/mol. The molecule has 140 valence electrons. The maximum absolute atomic E-state index is 12.9. The van der Waals surface area contributed by atoms with Gasteiger partial charge in [-0.15, -0.1) is 0 Å². The zero-order valence-corrected chi connectivity index (χ0v) is 16.5. The highest BCUT2D eigenvalue weighted by Gasteiger charge is 2.29. The summed E-state index contributed by atoms with van der Waals surface area (Å²) in [4.78, 5) is 10.9. The molecule has 0 aromatic carbocycles. The second kappa shape index (κ2) is 7.32. The SMILES string of the molecule is CC(C)C1=C/C=C\c2cc3c(nc2N=C1)OCCN(C(C)C)CS3(=O)=O. The van der Waals surface area contributed by atoms with Gasteiger partial charge in [0.1, 0.15) is 17.4 Å². The fourth-order valence-corrected chi connectivity index (χ4v) is 4.52. The van der Waals surface area contributed by atoms with Crippen molar-refractivity contribution in [1.82, 2.24) is 9.88 Å². The molecule has 2 aliphatic heterocycles. The molecule has 0 atom stereocenters. The number of aliphatic imine (C=N–C) groups is 1. The predicted octanol–water partition coefficient (Wildman–Crippen LogP) is 3.23. The summed E-state index contributed by atoms with van der Waals surface area (Å²) >= 11 is 0. The Kier molecular flexibility index (Phi) is 5.29. The Morgan fingerprint density at radius 1 is 1.23 bits per heavy atom. The van der Waals surface area contributed by atoms with Crippen LogP contribution in [0, 0.1) is 5.92 Å². The van der Waals surface area contributed by atoms with E-state index in [2.05, 4.69) is 23.8 Å². The van der Waals surface area contributed by atoms with Gasteiger partial charge in [0.25, 0.3) is 0 Å². The van der Waals surface area contributed by atoms with E-state index in [9.17, 15) is 8.42 Å². The van der Waals surface area contributed by atoms with Crippen LogP contribution in [0.15, 0.2) is 33.7 Å². The van der Waals surface area contributed by atoms with Crippen LogP contribution in [0.4, 0.5) is 5.82 Å². The number of allylic oxidation sites excluding steroid dienone is 3. The highest BCUT2D eigenvalue weighted by Crippen LogP contribution is 2.32. The van der Waals surface area contributed by atoms with Crippen molar-refractivity contribution in [2.24, 2.45) is 10.9 Å². The summed E-state index contributed by atoms with van der Waals surface area (Å²) in [6.45, 7) is 9.08. The Balaban J connectivity index is 2.07. The molecule has 0 spiro atoms. The molecule has 0 saturated heterocycles. The van der Waals surface area contributed by atoms with Crippen molar-refractivity contribution in [2.75, 3.05) is 19.0 Å². The van der Waals surface area contributed by atoms with Gasteiger partial charge in [-0.1, -0.05) is 32.1 Å². The van der Waals surface area contributed by atoms with Crippen LogP contribution in [0.5, 0.6) is 5.88 Å². The van der Waals surface area contributed by atoms with E-state index in [1.807, 2.05) is 37.0 Å². The summed E-state index contributed by atoms with van der Waals surface area (Å²) in [5.41, 5.74) is 1.75. The van der Waals surface area contributed by atoms with Gasteiger partial charge in [-0.05, 0) is 31.4 Å². The van der Waals surface area contributed by atoms with Gasteiger partial charge in [0.15, 0.2) is 15.7 Å². The van der Waals surface area contributed by atoms with Gasteiger partial charge in [0.2, 0.25) is 5.88 Å². The van der Waals surface area contributed by atoms with Crippen molar-refractivity contribution >= 4 is 27.9 Å². The van der Waals surface area contributed by atoms with Crippen LogP contribution in [-0.4, -0.2) is 49.6 Å². The number of nitrogens with zero attached hydrogens (tertiary/aromatic N) is 3. The fourth-order valence-electron chi connectivity index (χ4n) is 2.84. The summed E-state index contributed by atoms with van der Waals surface area (Å²) in [7, 11) is -3.54. The van der Waals surface area contributed by atoms with Crippen LogP contribution >= 0.6 is 0 Å². The van der Waals surface area contributed by atoms with Gasteiger partial charge in [-0.25, -0.2) is 13.4 Å². The minimum absolute atomic E-state index is 0.0358. The number of ether oxygens (including phenoxy) is 1. The molecule has 1 aromatic rings. The van der Waals surface area contributed by atoms with Crippen molar-refractivity contribution in [3.63, 3.8) is 0 Å². The molecule has 0 saturated carbocycles. The maximum Gasteiger partial charge on any atom is 0.234 e. The van der Waals surface area contributed by atoms with E-state index in [1.54, 1.807) is 12.3 Å². The molecule has 0 aliphatic carbocycles. The van der Waals surface area contributed by atoms with E-state index in [4.69, 9.17) is 4.74 Å². The lowest BCUT2D eigenvalue weighted by Gasteiger charge is -2.28. The number of aromatic nitrogens is 1. The van der Waals surface area contributed by atoms with Gasteiger partial charge in [-0.3, -0.25) is 4.90 Å². The lowest BCUT2D eigenvalue weighted by atomic mass is 10.0. The first-order valence-electron chi connectivity index (χ1n) is 8.85. The topological polar surface area (TPSA) is 71.9 Å². The van der Waals surface area contributed by atoms with E-state index in [0.717, 1.165) is 5.57 Å². The lowest BCUT2D eigenvalue weighted by Crippen LogP contribution is -2.40. The fraction of sp³-hybridized carbons (Fsp3) is 0.474. The summed E-state index contributed by atoms with van der Waals surface area (Å²) < 4.78 is 31.5. The summed E-state index contributed by atoms with van der Waals surface area (Å²) in [6.07, 6.45) is 7.52. The first kappa shape index (κ1) is 18.8. The largest absolute Gasteiger partial charge is 0.475 e. The second-order valence-corrected chi connectivity index (χ2v) is 9.07. The van der Waals surface area contributed by atoms with E-state index >= 15 is 0 Å². The second-order valence-electron chi connectivity index (χ2n) is 7.14. The van der Waals surface area contributed by atoms with Crippen molar-refractivity contribution in [1.29, 1.82) is 0 Å². The van der Waals surface area contributed by atoms with Crippen LogP contribution in [0.25, 0.3) is 6.08 Å². The van der Waals surface area contributed by atoms with Gasteiger partial charge in [0, 0.05) is 24.4 Å². The minimum atomic E-state index is -3.54. The van der Waals surface area contributed by atoms with E-state index < -0.39 is 9.84 Å². The molecule has 0 amide bonds. The molecule has 0 N–H and O–H groups in total. The maximum atomic E-state index is 12.9. The van der Waals surface area contributed by atoms with Crippen LogP contribution in [0.2, 0.25) is 0 Å². The quantitative estimate of drug-likeness (QED) is 0.794. The number of sulfone groups is 1. The predicted molar refractivity (Wildman–Crippen MR) is 104 cm³/mol. The van der Waals surface area contributed by atoms with Crippen molar-refractivity contribution < 1.29 is 13.2 Å². The molecule has 3 rings (SSSR count). The lowest BCUT2D eigenvalue weighted by molar-refractivity contribution is 0.186. The van der Waals surface area contributed by atoms with Crippen molar-refractivity contribution in [2.45, 2.75) is 38.6 Å². The van der Waals surface area contributed by atoms with Crippen LogP contribution < -0.4 is 4.74 Å². The Labute approximate surface area is 155 Å². The molecule has 0 radical (unpaired) electrons. The van der Waals surface area contributed by atoms with E-state index in [1.165, 1.54) is 0 Å². The molecule has 2 aliphatic rings. The Morgan fingerprint density at radius 2 is 2.00 bits per heavy atom. The van der Waals surface area contributed by atoms with Gasteiger partial charge in [-0.2, -0.15) is 4.98 Å².